The summed E-state index contributed by atoms with van der Waals surface area (Å²) in [6.45, 7) is 8.89. The Morgan fingerprint density at radius 2 is 1.71 bits per heavy atom. The zero-order valence-electron chi connectivity index (χ0n) is 11.8. The fourth-order valence-corrected chi connectivity index (χ4v) is 4.93. The van der Waals surface area contributed by atoms with Gasteiger partial charge in [-0.1, -0.05) is 25.7 Å². The van der Waals surface area contributed by atoms with E-state index in [0.717, 1.165) is 5.75 Å². The third kappa shape index (κ3) is 12.3. The summed E-state index contributed by atoms with van der Waals surface area (Å²) in [4.78, 5) is 0. The van der Waals surface area contributed by atoms with Gasteiger partial charge in [-0.25, -0.2) is 0 Å². The third-order valence-corrected chi connectivity index (χ3v) is 5.93. The molecule has 0 N–H and O–H groups in total. The van der Waals surface area contributed by atoms with E-state index in [1.54, 1.807) is 0 Å². The zero-order chi connectivity index (χ0) is 13.1. The minimum absolute atomic E-state index is 0.375. The van der Waals surface area contributed by atoms with Crippen molar-refractivity contribution in [1.29, 1.82) is 5.26 Å². The van der Waals surface area contributed by atoms with Gasteiger partial charge in [0.05, 0.1) is 0 Å². The molecule has 0 saturated heterocycles. The van der Waals surface area contributed by atoms with Crippen LogP contribution in [0.1, 0.15) is 46.0 Å². The van der Waals surface area contributed by atoms with Crippen molar-refractivity contribution in [3.8, 4) is 5.40 Å². The predicted octanol–water partition coefficient (Wildman–Crippen LogP) is 4.78. The highest BCUT2D eigenvalue weighted by Crippen LogP contribution is 2.18. The van der Waals surface area contributed by atoms with Crippen molar-refractivity contribution in [2.45, 2.75) is 71.2 Å². The van der Waals surface area contributed by atoms with E-state index in [2.05, 4.69) is 32.3 Å². The monoisotopic (exact) mass is 273 g/mol. The lowest BCUT2D eigenvalue weighted by molar-refractivity contribution is 0.230. The lowest BCUT2D eigenvalue weighted by Gasteiger charge is -2.25. The maximum atomic E-state index is 8.37. The molecule has 4 heteroatoms. The Hall–Kier alpha value is 0.0169. The number of nitriles is 1. The third-order valence-electron chi connectivity index (χ3n) is 2.64. The first-order chi connectivity index (χ1) is 7.98. The highest BCUT2D eigenvalue weighted by Gasteiger charge is 2.22. The van der Waals surface area contributed by atoms with Gasteiger partial charge in [-0.2, -0.15) is 5.26 Å². The maximum absolute atomic E-state index is 8.37. The topological polar surface area (TPSA) is 33.0 Å². The van der Waals surface area contributed by atoms with Crippen LogP contribution in [0.3, 0.4) is 0 Å². The summed E-state index contributed by atoms with van der Waals surface area (Å²) in [6.07, 6.45) is 6.74. The zero-order valence-corrected chi connectivity index (χ0v) is 13.6. The molecule has 0 aliphatic carbocycles. The Labute approximate surface area is 112 Å². The first-order valence-corrected chi connectivity index (χ1v) is 10.8. The largest absolute Gasteiger partial charge is 0.415 e. The summed E-state index contributed by atoms with van der Waals surface area (Å²) in [5.74, 6) is 0.993. The second kappa shape index (κ2) is 9.99. The molecule has 2 nitrogen and oxygen atoms in total. The van der Waals surface area contributed by atoms with Gasteiger partial charge in [0, 0.05) is 11.9 Å². The molecule has 0 aliphatic rings. The van der Waals surface area contributed by atoms with Crippen LogP contribution < -0.4 is 0 Å². The number of hydrogen-bond donors (Lipinski definition) is 0. The normalized spacial score (nSPS) is 11.8. The Balaban J connectivity index is 3.36. The van der Waals surface area contributed by atoms with Crippen LogP contribution in [0.2, 0.25) is 19.1 Å². The molecule has 0 rings (SSSR count). The fourth-order valence-electron chi connectivity index (χ4n) is 2.00. The molecule has 0 aromatic heterocycles. The Kier molecular flexibility index (Phi) is 10.00. The van der Waals surface area contributed by atoms with Crippen LogP contribution in [-0.4, -0.2) is 20.2 Å². The van der Waals surface area contributed by atoms with Gasteiger partial charge < -0.3 is 4.43 Å². The van der Waals surface area contributed by atoms with Crippen LogP contribution in [0.5, 0.6) is 0 Å². The van der Waals surface area contributed by atoms with Gasteiger partial charge in [0.1, 0.15) is 5.40 Å². The second-order valence-electron chi connectivity index (χ2n) is 5.38. The molecule has 0 radical (unpaired) electrons. The Bertz CT molecular complexity index is 226. The van der Waals surface area contributed by atoms with Gasteiger partial charge in [0.2, 0.25) is 0 Å². The molecule has 0 bridgehead atoms. The van der Waals surface area contributed by atoms with Crippen LogP contribution in [0, 0.1) is 10.7 Å². The molecule has 0 aliphatic heterocycles. The predicted molar refractivity (Wildman–Crippen MR) is 79.7 cm³/mol. The van der Waals surface area contributed by atoms with E-state index in [4.69, 9.17) is 9.69 Å². The minimum atomic E-state index is -1.39. The summed E-state index contributed by atoms with van der Waals surface area (Å²) in [7, 11) is -1.39. The van der Waals surface area contributed by atoms with Crippen LogP contribution in [-0.2, 0) is 4.43 Å². The molecular formula is C13H27NOSSi. The standard InChI is InChI=1S/C13H27NOSSi/c1-13(2)15-17(3,4)11-9-7-5-6-8-10-16-12-14/h13H,5-11H2,1-4H3. The van der Waals surface area contributed by atoms with Crippen molar-refractivity contribution < 1.29 is 4.43 Å². The molecule has 0 fully saturated rings. The van der Waals surface area contributed by atoms with Crippen LogP contribution in [0.4, 0.5) is 0 Å². The highest BCUT2D eigenvalue weighted by molar-refractivity contribution is 8.03. The van der Waals surface area contributed by atoms with Crippen LogP contribution in [0.25, 0.3) is 0 Å². The van der Waals surface area contributed by atoms with E-state index >= 15 is 0 Å². The summed E-state index contributed by atoms with van der Waals surface area (Å²) in [5.41, 5.74) is 0. The summed E-state index contributed by atoms with van der Waals surface area (Å²) >= 11 is 1.38. The molecule has 100 valence electrons. The van der Waals surface area contributed by atoms with Gasteiger partial charge in [-0.15, -0.1) is 0 Å². The Morgan fingerprint density at radius 1 is 1.12 bits per heavy atom. The average Bonchev–Trinajstić information content (AvgIpc) is 2.20. The number of rotatable bonds is 10. The van der Waals surface area contributed by atoms with Crippen LogP contribution >= 0.6 is 11.8 Å². The first-order valence-electron chi connectivity index (χ1n) is 6.66. The molecule has 0 amide bonds. The molecular weight excluding hydrogens is 246 g/mol. The second-order valence-corrected chi connectivity index (χ2v) is 10.5. The molecule has 0 aromatic rings. The number of hydrogen-bond acceptors (Lipinski definition) is 3. The van der Waals surface area contributed by atoms with E-state index in [-0.39, 0.29) is 0 Å². The van der Waals surface area contributed by atoms with Crippen molar-refractivity contribution in [2.75, 3.05) is 5.75 Å². The highest BCUT2D eigenvalue weighted by atomic mass is 32.2. The van der Waals surface area contributed by atoms with Crippen LogP contribution in [0.15, 0.2) is 0 Å². The summed E-state index contributed by atoms with van der Waals surface area (Å²) < 4.78 is 6.00. The van der Waals surface area contributed by atoms with Gasteiger partial charge in [0.15, 0.2) is 8.32 Å². The quantitative estimate of drug-likeness (QED) is 0.326. The van der Waals surface area contributed by atoms with Crippen molar-refractivity contribution in [2.24, 2.45) is 0 Å². The summed E-state index contributed by atoms with van der Waals surface area (Å²) in [6, 6.07) is 1.28. The van der Waals surface area contributed by atoms with Gasteiger partial charge in [-0.05, 0) is 51.2 Å². The van der Waals surface area contributed by atoms with Crippen molar-refractivity contribution in [3.05, 3.63) is 0 Å². The maximum Gasteiger partial charge on any atom is 0.187 e. The molecule has 0 spiro atoms. The minimum Gasteiger partial charge on any atom is -0.415 e. The lowest BCUT2D eigenvalue weighted by Crippen LogP contribution is -2.33. The van der Waals surface area contributed by atoms with Gasteiger partial charge >= 0.3 is 0 Å². The smallest absolute Gasteiger partial charge is 0.187 e. The number of thioether (sulfide) groups is 1. The summed E-state index contributed by atoms with van der Waals surface area (Å²) in [5, 5.41) is 10.5. The van der Waals surface area contributed by atoms with Crippen molar-refractivity contribution in [1.82, 2.24) is 0 Å². The first kappa shape index (κ1) is 17.0. The number of thiocyanates is 1. The van der Waals surface area contributed by atoms with Crippen molar-refractivity contribution >= 4 is 20.1 Å². The van der Waals surface area contributed by atoms with E-state index in [1.165, 1.54) is 49.9 Å². The average molecular weight is 274 g/mol. The number of nitrogens with zero attached hydrogens (tertiary/aromatic N) is 1. The van der Waals surface area contributed by atoms with E-state index in [1.807, 2.05) is 0 Å². The number of unbranched alkanes of at least 4 members (excludes halogenated alkanes) is 4. The van der Waals surface area contributed by atoms with E-state index in [9.17, 15) is 0 Å². The van der Waals surface area contributed by atoms with E-state index < -0.39 is 8.32 Å². The van der Waals surface area contributed by atoms with Crippen molar-refractivity contribution in [3.63, 3.8) is 0 Å². The Morgan fingerprint density at radius 3 is 2.29 bits per heavy atom. The molecule has 0 aromatic carbocycles. The molecule has 0 unspecified atom stereocenters. The fraction of sp³-hybridized carbons (Fsp3) is 0.923. The lowest BCUT2D eigenvalue weighted by atomic mass is 10.2. The molecule has 0 atom stereocenters. The molecule has 0 saturated carbocycles. The van der Waals surface area contributed by atoms with Gasteiger partial charge in [0.25, 0.3) is 0 Å². The molecule has 17 heavy (non-hydrogen) atoms. The van der Waals surface area contributed by atoms with E-state index in [0.29, 0.717) is 6.10 Å². The molecule has 0 heterocycles. The van der Waals surface area contributed by atoms with Gasteiger partial charge in [-0.3, -0.25) is 0 Å². The SMILES string of the molecule is CC(C)O[Si](C)(C)CCCCCCCSC#N.